The maximum absolute atomic E-state index is 9.50. The normalized spacial score (nSPS) is 36.8. The predicted octanol–water partition coefficient (Wildman–Crippen LogP) is 6.10. The summed E-state index contributed by atoms with van der Waals surface area (Å²) in [5.41, 5.74) is 2.26. The van der Waals surface area contributed by atoms with E-state index in [4.69, 9.17) is 0 Å². The van der Waals surface area contributed by atoms with Crippen LogP contribution in [0.3, 0.4) is 0 Å². The van der Waals surface area contributed by atoms with E-state index in [1.54, 1.807) is 0 Å². The molecule has 1 aliphatic rings. The predicted molar refractivity (Wildman–Crippen MR) is 108 cm³/mol. The molecular formula is C24H31N. The molecular weight excluding hydrogens is 302 g/mol. The van der Waals surface area contributed by atoms with Gasteiger partial charge >= 0.3 is 0 Å². The number of hydrogen-bond acceptors (Lipinski definition) is 1. The zero-order valence-electron chi connectivity index (χ0n) is 17.6. The fraction of sp³-hybridized carbons (Fsp3) is 0.417. The molecule has 1 N–H and O–H groups in total. The summed E-state index contributed by atoms with van der Waals surface area (Å²) in [7, 11) is 0. The van der Waals surface area contributed by atoms with Crippen molar-refractivity contribution in [3.05, 3.63) is 77.9 Å². The molecule has 0 spiro atoms. The Hall–Kier alpha value is -1.86. The molecule has 1 heterocycles. The third-order valence-corrected chi connectivity index (χ3v) is 5.37. The van der Waals surface area contributed by atoms with Crippen LogP contribution >= 0.6 is 0 Å². The summed E-state index contributed by atoms with van der Waals surface area (Å²) in [5.74, 6) is -1.66. The Labute approximate surface area is 156 Å². The van der Waals surface area contributed by atoms with Crippen LogP contribution in [0.5, 0.6) is 0 Å². The Kier molecular flexibility index (Phi) is 5.23. The molecule has 0 radical (unpaired) electrons. The molecule has 0 aromatic heterocycles. The molecule has 0 amide bonds. The van der Waals surface area contributed by atoms with Gasteiger partial charge in [0.25, 0.3) is 0 Å². The zero-order chi connectivity index (χ0) is 19.5. The molecule has 1 aliphatic heterocycles. The van der Waals surface area contributed by atoms with Crippen LogP contribution < -0.4 is 5.32 Å². The summed E-state index contributed by atoms with van der Waals surface area (Å²) in [6.45, 7) is 6.26. The lowest BCUT2D eigenvalue weighted by Gasteiger charge is -2.46. The number of hydrogen-bond donors (Lipinski definition) is 1. The van der Waals surface area contributed by atoms with E-state index < -0.39 is 11.8 Å². The average Bonchev–Trinajstić information content (AvgIpc) is 2.72. The Morgan fingerprint density at radius 2 is 1.52 bits per heavy atom. The van der Waals surface area contributed by atoms with E-state index in [0.717, 1.165) is 11.1 Å². The van der Waals surface area contributed by atoms with E-state index in [1.165, 1.54) is 0 Å². The van der Waals surface area contributed by atoms with Crippen molar-refractivity contribution in [2.45, 2.75) is 45.7 Å². The minimum atomic E-state index is -0.781. The van der Waals surface area contributed by atoms with Gasteiger partial charge in [-0.3, -0.25) is 0 Å². The summed E-state index contributed by atoms with van der Waals surface area (Å²) in [4.78, 5) is 0. The van der Waals surface area contributed by atoms with Crippen molar-refractivity contribution in [2.75, 3.05) is 0 Å². The summed E-state index contributed by atoms with van der Waals surface area (Å²) in [5, 5.41) is 3.63. The highest BCUT2D eigenvalue weighted by Crippen LogP contribution is 2.43. The summed E-state index contributed by atoms with van der Waals surface area (Å²) in [6.07, 6.45) is 5.64. The molecule has 25 heavy (non-hydrogen) atoms. The topological polar surface area (TPSA) is 12.0 Å². The van der Waals surface area contributed by atoms with Gasteiger partial charge < -0.3 is 5.32 Å². The Morgan fingerprint density at radius 3 is 2.12 bits per heavy atom. The second-order valence-corrected chi connectivity index (χ2v) is 6.84. The molecule has 5 unspecified atom stereocenters. The van der Waals surface area contributed by atoms with E-state index in [9.17, 15) is 2.74 Å². The Balaban J connectivity index is 2.07. The van der Waals surface area contributed by atoms with Gasteiger partial charge in [0.2, 0.25) is 0 Å². The van der Waals surface area contributed by atoms with E-state index in [-0.39, 0.29) is 18.0 Å². The van der Waals surface area contributed by atoms with Gasteiger partial charge in [0, 0.05) is 14.8 Å². The monoisotopic (exact) mass is 335 g/mol. The maximum atomic E-state index is 9.50. The number of rotatable bonds is 5. The van der Waals surface area contributed by atoms with Crippen LogP contribution in [-0.2, 0) is 0 Å². The molecule has 2 aromatic carbocycles. The highest BCUT2D eigenvalue weighted by molar-refractivity contribution is 5.49. The third kappa shape index (κ3) is 4.04. The van der Waals surface area contributed by atoms with Gasteiger partial charge in [0.1, 0.15) is 0 Å². The first-order chi connectivity index (χ1) is 13.0. The molecule has 132 valence electrons. The zero-order valence-corrected chi connectivity index (χ0v) is 15.6. The van der Waals surface area contributed by atoms with Gasteiger partial charge in [-0.1, -0.05) is 99.5 Å². The minimum Gasteiger partial charge on any atom is -0.307 e. The van der Waals surface area contributed by atoms with Crippen molar-refractivity contribution in [3.63, 3.8) is 0 Å². The van der Waals surface area contributed by atoms with Gasteiger partial charge in [-0.2, -0.15) is 0 Å². The van der Waals surface area contributed by atoms with E-state index in [2.05, 4.69) is 62.5 Å². The molecule has 1 nitrogen and oxygen atoms in total. The van der Waals surface area contributed by atoms with Gasteiger partial charge in [-0.05, 0) is 35.8 Å². The van der Waals surface area contributed by atoms with Gasteiger partial charge in [0.05, 0.1) is 0 Å². The van der Waals surface area contributed by atoms with Crippen molar-refractivity contribution in [1.82, 2.24) is 5.32 Å². The number of piperidine rings is 1. The molecule has 3 rings (SSSR count). The van der Waals surface area contributed by atoms with Crippen molar-refractivity contribution < 1.29 is 2.74 Å². The lowest BCUT2D eigenvalue weighted by molar-refractivity contribution is 0.108. The first kappa shape index (κ1) is 15.4. The SMILES string of the molecule is [2H]C1(CC)C(C)NC(c2ccccc2)C([2H])(CC)C1/C=C/c1ccccc1. The van der Waals surface area contributed by atoms with Gasteiger partial charge in [-0.25, -0.2) is 0 Å². The Morgan fingerprint density at radius 1 is 0.920 bits per heavy atom. The number of nitrogens with one attached hydrogen (secondary N) is 1. The molecule has 1 saturated heterocycles. The molecule has 1 heteroatoms. The molecule has 0 bridgehead atoms. The molecule has 0 saturated carbocycles. The lowest BCUT2D eigenvalue weighted by Crippen LogP contribution is -2.50. The third-order valence-electron chi connectivity index (χ3n) is 5.37. The van der Waals surface area contributed by atoms with Crippen LogP contribution in [0.2, 0.25) is 0 Å². The van der Waals surface area contributed by atoms with E-state index in [1.807, 2.05) is 36.4 Å². The van der Waals surface area contributed by atoms with E-state index >= 15 is 0 Å². The highest BCUT2D eigenvalue weighted by Gasteiger charge is 2.40. The summed E-state index contributed by atoms with van der Waals surface area (Å²) in [6, 6.07) is 20.4. The standard InChI is InChI=1S/C24H31N/c1-4-21-18(3)25-24(20-14-10-7-11-15-20)22(5-2)23(21)17-16-19-12-8-6-9-13-19/h6-18,21-25H,4-5H2,1-3H3/b17-16+/i21D,22D. The quantitative estimate of drug-likeness (QED) is 0.696. The summed E-state index contributed by atoms with van der Waals surface area (Å²) < 4.78 is 18.8. The first-order valence-electron chi connectivity index (χ1n) is 10.5. The number of benzene rings is 2. The van der Waals surface area contributed by atoms with Gasteiger partial charge in [-0.15, -0.1) is 0 Å². The van der Waals surface area contributed by atoms with Crippen molar-refractivity contribution >= 4 is 6.08 Å². The largest absolute Gasteiger partial charge is 0.307 e. The second kappa shape index (κ2) is 8.49. The minimum absolute atomic E-state index is 0.00292. The van der Waals surface area contributed by atoms with Crippen LogP contribution in [0.15, 0.2) is 66.7 Å². The van der Waals surface area contributed by atoms with Crippen LogP contribution in [0.25, 0.3) is 6.08 Å². The van der Waals surface area contributed by atoms with Crippen LogP contribution in [0.4, 0.5) is 0 Å². The summed E-state index contributed by atoms with van der Waals surface area (Å²) >= 11 is 0. The van der Waals surface area contributed by atoms with Crippen LogP contribution in [0, 0.1) is 17.7 Å². The molecule has 0 aliphatic carbocycles. The molecule has 1 fully saturated rings. The van der Waals surface area contributed by atoms with E-state index in [0.29, 0.717) is 12.8 Å². The Bertz CT molecular complexity index is 760. The van der Waals surface area contributed by atoms with Crippen LogP contribution in [0.1, 0.15) is 53.5 Å². The van der Waals surface area contributed by atoms with Crippen LogP contribution in [-0.4, -0.2) is 6.04 Å². The maximum Gasteiger partial charge on any atom is 0.0356 e. The first-order valence-corrected chi connectivity index (χ1v) is 9.50. The fourth-order valence-electron chi connectivity index (χ4n) is 4.08. The highest BCUT2D eigenvalue weighted by atomic mass is 15.0. The number of allylic oxidation sites excluding steroid dienone is 1. The molecule has 2 aromatic rings. The van der Waals surface area contributed by atoms with Crippen molar-refractivity contribution in [3.8, 4) is 0 Å². The van der Waals surface area contributed by atoms with Crippen molar-refractivity contribution in [1.29, 1.82) is 0 Å². The fourth-order valence-corrected chi connectivity index (χ4v) is 4.08. The lowest BCUT2D eigenvalue weighted by atomic mass is 9.67. The van der Waals surface area contributed by atoms with Crippen molar-refractivity contribution in [2.24, 2.45) is 17.7 Å². The smallest absolute Gasteiger partial charge is 0.0356 e. The van der Waals surface area contributed by atoms with Gasteiger partial charge in [0.15, 0.2) is 0 Å². The second-order valence-electron chi connectivity index (χ2n) is 6.84. The molecule has 5 atom stereocenters. The average molecular weight is 336 g/mol.